The van der Waals surface area contributed by atoms with Gasteiger partial charge in [0.15, 0.2) is 0 Å². The molecule has 2 N–H and O–H groups in total. The molecule has 2 aromatic heterocycles. The number of fused-ring (bicyclic) bond motifs is 1. The molecule has 6 nitrogen and oxygen atoms in total. The number of pyridine rings is 2. The number of likely N-dealkylation sites (tertiary alicyclic amines) is 1. The van der Waals surface area contributed by atoms with Crippen molar-refractivity contribution in [3.8, 4) is 0 Å². The van der Waals surface area contributed by atoms with Crippen molar-refractivity contribution < 1.29 is 22.4 Å². The van der Waals surface area contributed by atoms with Gasteiger partial charge in [-0.3, -0.25) is 0 Å². The number of nitrogens with zero attached hydrogens (tertiary/aromatic N) is 3. The summed E-state index contributed by atoms with van der Waals surface area (Å²) in [6.07, 6.45) is -1.84. The summed E-state index contributed by atoms with van der Waals surface area (Å²) in [5, 5.41) is 6.43. The van der Waals surface area contributed by atoms with Gasteiger partial charge in [-0.05, 0) is 49.2 Å². The van der Waals surface area contributed by atoms with Gasteiger partial charge in [0.25, 0.3) is 0 Å². The van der Waals surface area contributed by atoms with Gasteiger partial charge in [0.2, 0.25) is 0 Å². The van der Waals surface area contributed by atoms with Crippen molar-refractivity contribution >= 4 is 28.4 Å². The minimum atomic E-state index is -4.51. The number of piperidine rings is 1. The zero-order valence-electron chi connectivity index (χ0n) is 16.3. The molecule has 0 spiro atoms. The molecular formula is C21H19F4N5O. The minimum absolute atomic E-state index is 0.00128. The fourth-order valence-corrected chi connectivity index (χ4v) is 3.52. The Kier molecular flexibility index (Phi) is 5.62. The third-order valence-electron chi connectivity index (χ3n) is 5.11. The molecule has 1 aliphatic heterocycles. The maximum atomic E-state index is 13.3. The van der Waals surface area contributed by atoms with E-state index in [2.05, 4.69) is 20.6 Å². The molecular weight excluding hydrogens is 414 g/mol. The van der Waals surface area contributed by atoms with Crippen molar-refractivity contribution in [2.24, 2.45) is 0 Å². The van der Waals surface area contributed by atoms with Crippen LogP contribution in [0.25, 0.3) is 10.9 Å². The Balaban J connectivity index is 1.38. The predicted octanol–water partition coefficient (Wildman–Crippen LogP) is 4.90. The number of hydrogen-bond donors (Lipinski definition) is 2. The normalized spacial score (nSPS) is 15.2. The van der Waals surface area contributed by atoms with Crippen molar-refractivity contribution in [2.75, 3.05) is 23.7 Å². The number of nitrogens with one attached hydrogen (secondary N) is 2. The van der Waals surface area contributed by atoms with Crippen LogP contribution in [0.15, 0.2) is 48.7 Å². The Hall–Kier alpha value is -3.43. The van der Waals surface area contributed by atoms with Crippen LogP contribution in [0.1, 0.15) is 18.5 Å². The lowest BCUT2D eigenvalue weighted by molar-refractivity contribution is -0.140. The first-order valence-electron chi connectivity index (χ1n) is 9.70. The van der Waals surface area contributed by atoms with Gasteiger partial charge in [-0.2, -0.15) is 13.2 Å². The first-order valence-corrected chi connectivity index (χ1v) is 9.70. The largest absolute Gasteiger partial charge is 0.433 e. The molecule has 1 aliphatic rings. The van der Waals surface area contributed by atoms with Gasteiger partial charge in [-0.15, -0.1) is 0 Å². The summed E-state index contributed by atoms with van der Waals surface area (Å²) in [5.74, 6) is 0.0292. The lowest BCUT2D eigenvalue weighted by Crippen LogP contribution is -2.44. The van der Waals surface area contributed by atoms with Gasteiger partial charge in [0.1, 0.15) is 17.3 Å². The molecule has 3 aromatic rings. The molecule has 1 aromatic carbocycles. The van der Waals surface area contributed by atoms with E-state index >= 15 is 0 Å². The maximum Gasteiger partial charge on any atom is 0.433 e. The second-order valence-electron chi connectivity index (χ2n) is 7.27. The molecule has 1 saturated heterocycles. The smallest absolute Gasteiger partial charge is 0.367 e. The summed E-state index contributed by atoms with van der Waals surface area (Å²) in [4.78, 5) is 22.0. The number of alkyl halides is 3. The molecule has 0 unspecified atom stereocenters. The Bertz CT molecular complexity index is 1100. The van der Waals surface area contributed by atoms with E-state index in [4.69, 9.17) is 0 Å². The van der Waals surface area contributed by atoms with Crippen LogP contribution in [0.5, 0.6) is 0 Å². The third-order valence-corrected chi connectivity index (χ3v) is 5.11. The van der Waals surface area contributed by atoms with Crippen LogP contribution in [-0.4, -0.2) is 40.0 Å². The fourth-order valence-electron chi connectivity index (χ4n) is 3.52. The highest BCUT2D eigenvalue weighted by Crippen LogP contribution is 2.30. The number of urea groups is 1. The molecule has 0 bridgehead atoms. The topological polar surface area (TPSA) is 70.2 Å². The lowest BCUT2D eigenvalue weighted by Gasteiger charge is -2.32. The molecule has 0 atom stereocenters. The minimum Gasteiger partial charge on any atom is -0.367 e. The quantitative estimate of drug-likeness (QED) is 0.577. The summed E-state index contributed by atoms with van der Waals surface area (Å²) in [6.45, 7) is 0.945. The molecule has 162 valence electrons. The van der Waals surface area contributed by atoms with Gasteiger partial charge >= 0.3 is 12.2 Å². The van der Waals surface area contributed by atoms with Gasteiger partial charge < -0.3 is 15.5 Å². The Morgan fingerprint density at radius 2 is 1.87 bits per heavy atom. The van der Waals surface area contributed by atoms with Crippen molar-refractivity contribution in [1.29, 1.82) is 0 Å². The number of rotatable bonds is 3. The van der Waals surface area contributed by atoms with Crippen LogP contribution in [0.4, 0.5) is 33.9 Å². The molecule has 0 aliphatic carbocycles. The number of amides is 2. The van der Waals surface area contributed by atoms with Gasteiger partial charge in [-0.25, -0.2) is 19.2 Å². The summed E-state index contributed by atoms with van der Waals surface area (Å²) in [5.41, 5.74) is -0.357. The molecule has 4 rings (SSSR count). The number of aromatic nitrogens is 2. The van der Waals surface area contributed by atoms with E-state index in [1.54, 1.807) is 11.0 Å². The van der Waals surface area contributed by atoms with E-state index in [1.165, 1.54) is 36.5 Å². The second kappa shape index (κ2) is 8.37. The SMILES string of the molecule is O=C(Nc1cccc(F)c1)N1CCC(Nc2nccc3nc(C(F)(F)F)ccc23)CC1. The van der Waals surface area contributed by atoms with Crippen LogP contribution < -0.4 is 10.6 Å². The van der Waals surface area contributed by atoms with Crippen LogP contribution >= 0.6 is 0 Å². The van der Waals surface area contributed by atoms with E-state index in [0.717, 1.165) is 6.07 Å². The van der Waals surface area contributed by atoms with Crippen molar-refractivity contribution in [3.63, 3.8) is 0 Å². The number of carbonyl (C=O) groups is 1. The summed E-state index contributed by atoms with van der Waals surface area (Å²) < 4.78 is 52.0. The Morgan fingerprint density at radius 3 is 2.58 bits per heavy atom. The third kappa shape index (κ3) is 4.84. The molecule has 2 amide bonds. The fraction of sp³-hybridized carbons (Fsp3) is 0.286. The van der Waals surface area contributed by atoms with Crippen LogP contribution in [-0.2, 0) is 6.18 Å². The number of hydrogen-bond acceptors (Lipinski definition) is 4. The Morgan fingerprint density at radius 1 is 1.10 bits per heavy atom. The van der Waals surface area contributed by atoms with E-state index in [9.17, 15) is 22.4 Å². The van der Waals surface area contributed by atoms with Crippen molar-refractivity contribution in [3.05, 3.63) is 60.2 Å². The molecule has 31 heavy (non-hydrogen) atoms. The average Bonchev–Trinajstić information content (AvgIpc) is 2.73. The van der Waals surface area contributed by atoms with Crippen LogP contribution in [0.2, 0.25) is 0 Å². The van der Waals surface area contributed by atoms with Gasteiger partial charge in [0, 0.05) is 36.4 Å². The second-order valence-corrected chi connectivity index (χ2v) is 7.27. The van der Waals surface area contributed by atoms with E-state index in [-0.39, 0.29) is 17.6 Å². The maximum absolute atomic E-state index is 13.3. The zero-order valence-corrected chi connectivity index (χ0v) is 16.3. The van der Waals surface area contributed by atoms with Crippen molar-refractivity contribution in [2.45, 2.75) is 25.1 Å². The number of carbonyl (C=O) groups excluding carboxylic acids is 1. The predicted molar refractivity (Wildman–Crippen MR) is 108 cm³/mol. The highest BCUT2D eigenvalue weighted by Gasteiger charge is 2.32. The summed E-state index contributed by atoms with van der Waals surface area (Å²) in [7, 11) is 0. The number of halogens is 4. The van der Waals surface area contributed by atoms with Gasteiger partial charge in [-0.1, -0.05) is 6.07 Å². The standard InChI is InChI=1S/C21H19F4N5O/c22-13-2-1-3-15(12-13)28-20(31)30-10-7-14(8-11-30)27-19-16-4-5-18(21(23,24)25)29-17(16)6-9-26-19/h1-6,9,12,14H,7-8,10-11H2,(H,26,27)(H,28,31). The summed E-state index contributed by atoms with van der Waals surface area (Å²) in [6, 6.07) is 9.11. The molecule has 0 saturated carbocycles. The molecule has 1 fully saturated rings. The lowest BCUT2D eigenvalue weighted by atomic mass is 10.0. The van der Waals surface area contributed by atoms with E-state index in [0.29, 0.717) is 42.8 Å². The zero-order chi connectivity index (χ0) is 22.0. The van der Waals surface area contributed by atoms with E-state index in [1.807, 2.05) is 0 Å². The van der Waals surface area contributed by atoms with Gasteiger partial charge in [0.05, 0.1) is 5.52 Å². The monoisotopic (exact) mass is 433 g/mol. The first kappa shape index (κ1) is 20.8. The molecule has 10 heteroatoms. The first-order chi connectivity index (χ1) is 14.8. The van der Waals surface area contributed by atoms with Crippen LogP contribution in [0.3, 0.4) is 0 Å². The highest BCUT2D eigenvalue weighted by atomic mass is 19.4. The van der Waals surface area contributed by atoms with Crippen molar-refractivity contribution in [1.82, 2.24) is 14.9 Å². The number of benzene rings is 1. The average molecular weight is 433 g/mol. The van der Waals surface area contributed by atoms with E-state index < -0.39 is 17.7 Å². The number of anilines is 2. The highest BCUT2D eigenvalue weighted by molar-refractivity contribution is 5.90. The molecule has 3 heterocycles. The Labute approximate surface area is 175 Å². The van der Waals surface area contributed by atoms with Crippen LogP contribution in [0, 0.1) is 5.82 Å². The molecule has 0 radical (unpaired) electrons. The summed E-state index contributed by atoms with van der Waals surface area (Å²) >= 11 is 0.